The number of nitrogens with one attached hydrogen (secondary N) is 1. The highest BCUT2D eigenvalue weighted by Gasteiger charge is 2.05. The van der Waals surface area contributed by atoms with Crippen molar-refractivity contribution in [3.8, 4) is 0 Å². The summed E-state index contributed by atoms with van der Waals surface area (Å²) in [5, 5.41) is 6.67. The number of hydrogen-bond acceptors (Lipinski definition) is 4. The van der Waals surface area contributed by atoms with Crippen molar-refractivity contribution >= 4 is 28.1 Å². The Morgan fingerprint density at radius 3 is 3.11 bits per heavy atom. The minimum atomic E-state index is 0.433. The van der Waals surface area contributed by atoms with Crippen molar-refractivity contribution in [2.75, 3.05) is 5.32 Å². The molecule has 0 saturated heterocycles. The van der Waals surface area contributed by atoms with E-state index >= 15 is 0 Å². The number of nitrogens with zero attached hydrogens (tertiary/aromatic N) is 3. The van der Waals surface area contributed by atoms with E-state index in [1.54, 1.807) is 0 Å². The number of rotatable bonds is 4. The zero-order valence-electron chi connectivity index (χ0n) is 11.0. The van der Waals surface area contributed by atoms with Crippen LogP contribution in [0, 0.1) is 0 Å². The van der Waals surface area contributed by atoms with Gasteiger partial charge in [-0.05, 0) is 43.6 Å². The number of imidazole rings is 1. The highest BCUT2D eigenvalue weighted by molar-refractivity contribution is 7.04. The molecule has 3 aromatic rings. The molecule has 2 heterocycles. The number of fused-ring (bicyclic) bond motifs is 1. The van der Waals surface area contributed by atoms with Crippen LogP contribution >= 0.6 is 11.5 Å². The van der Waals surface area contributed by atoms with Gasteiger partial charge in [-0.1, -0.05) is 0 Å². The van der Waals surface area contributed by atoms with Gasteiger partial charge in [0.25, 0.3) is 0 Å². The lowest BCUT2D eigenvalue weighted by Crippen LogP contribution is -2.10. The lowest BCUT2D eigenvalue weighted by molar-refractivity contribution is 0.573. The van der Waals surface area contributed by atoms with Crippen LogP contribution in [-0.2, 0) is 6.54 Å². The molecule has 19 heavy (non-hydrogen) atoms. The largest absolute Gasteiger partial charge is 0.378 e. The molecular weight excluding hydrogens is 256 g/mol. The Bertz CT molecular complexity index is 683. The van der Waals surface area contributed by atoms with Crippen molar-refractivity contribution < 1.29 is 0 Å². The molecule has 0 fully saturated rings. The first kappa shape index (κ1) is 12.2. The Labute approximate surface area is 116 Å². The molecule has 0 atom stereocenters. The summed E-state index contributed by atoms with van der Waals surface area (Å²) in [5.41, 5.74) is 2.16. The van der Waals surface area contributed by atoms with E-state index < -0.39 is 0 Å². The van der Waals surface area contributed by atoms with Crippen LogP contribution in [-0.4, -0.2) is 13.9 Å². The summed E-state index contributed by atoms with van der Waals surface area (Å²) in [6, 6.07) is 6.66. The van der Waals surface area contributed by atoms with Gasteiger partial charge in [-0.2, -0.15) is 4.37 Å². The maximum absolute atomic E-state index is 4.40. The van der Waals surface area contributed by atoms with Gasteiger partial charge >= 0.3 is 0 Å². The van der Waals surface area contributed by atoms with Crippen LogP contribution in [0.3, 0.4) is 0 Å². The molecule has 0 bridgehead atoms. The molecule has 5 heteroatoms. The topological polar surface area (TPSA) is 42.7 Å². The van der Waals surface area contributed by atoms with E-state index in [0.717, 1.165) is 23.6 Å². The van der Waals surface area contributed by atoms with Gasteiger partial charge in [0.2, 0.25) is 0 Å². The molecule has 2 aromatic heterocycles. The summed E-state index contributed by atoms with van der Waals surface area (Å²) < 4.78 is 6.48. The van der Waals surface area contributed by atoms with Crippen molar-refractivity contribution in [2.45, 2.75) is 26.4 Å². The molecule has 0 aliphatic carbocycles. The SMILES string of the molecule is CC(C)n1ccnc1CNc1ccc2nscc2c1. The molecule has 4 nitrogen and oxygen atoms in total. The third kappa shape index (κ3) is 2.46. The van der Waals surface area contributed by atoms with E-state index in [4.69, 9.17) is 0 Å². The van der Waals surface area contributed by atoms with Gasteiger partial charge in [0.15, 0.2) is 0 Å². The summed E-state index contributed by atoms with van der Waals surface area (Å²) >= 11 is 1.49. The third-order valence-corrected chi connectivity index (χ3v) is 3.78. The van der Waals surface area contributed by atoms with E-state index in [-0.39, 0.29) is 0 Å². The van der Waals surface area contributed by atoms with Crippen molar-refractivity contribution in [1.82, 2.24) is 13.9 Å². The van der Waals surface area contributed by atoms with Crippen molar-refractivity contribution in [1.29, 1.82) is 0 Å². The van der Waals surface area contributed by atoms with Crippen LogP contribution < -0.4 is 5.32 Å². The predicted octanol–water partition coefficient (Wildman–Crippen LogP) is 3.69. The maximum atomic E-state index is 4.40. The molecule has 0 aliphatic heterocycles. The van der Waals surface area contributed by atoms with Gasteiger partial charge in [-0.3, -0.25) is 0 Å². The normalized spacial score (nSPS) is 11.3. The van der Waals surface area contributed by atoms with Gasteiger partial charge in [-0.25, -0.2) is 4.98 Å². The molecular formula is C14H16N4S. The number of benzene rings is 1. The minimum Gasteiger partial charge on any atom is -0.378 e. The van der Waals surface area contributed by atoms with Crippen LogP contribution in [0.2, 0.25) is 0 Å². The van der Waals surface area contributed by atoms with Crippen LogP contribution in [0.5, 0.6) is 0 Å². The number of hydrogen-bond donors (Lipinski definition) is 1. The fourth-order valence-corrected chi connectivity index (χ4v) is 2.75. The molecule has 1 N–H and O–H groups in total. The fraction of sp³-hybridized carbons (Fsp3) is 0.286. The minimum absolute atomic E-state index is 0.433. The van der Waals surface area contributed by atoms with Gasteiger partial charge in [-0.15, -0.1) is 0 Å². The molecule has 0 radical (unpaired) electrons. The lowest BCUT2D eigenvalue weighted by atomic mass is 10.2. The molecule has 0 saturated carbocycles. The molecule has 0 aliphatic rings. The Hall–Kier alpha value is -1.88. The second-order valence-corrected chi connectivity index (χ2v) is 5.42. The first-order valence-corrected chi connectivity index (χ1v) is 7.17. The van der Waals surface area contributed by atoms with Crippen LogP contribution in [0.15, 0.2) is 36.0 Å². The zero-order chi connectivity index (χ0) is 13.2. The first-order valence-electron chi connectivity index (χ1n) is 6.34. The molecule has 98 valence electrons. The van der Waals surface area contributed by atoms with Gasteiger partial charge in [0.05, 0.1) is 12.1 Å². The fourth-order valence-electron chi connectivity index (χ4n) is 2.11. The van der Waals surface area contributed by atoms with E-state index in [1.165, 1.54) is 16.9 Å². The molecule has 0 amide bonds. The summed E-state index contributed by atoms with van der Waals surface area (Å²) in [6.45, 7) is 5.05. The predicted molar refractivity (Wildman–Crippen MR) is 79.6 cm³/mol. The van der Waals surface area contributed by atoms with Gasteiger partial charge < -0.3 is 9.88 Å². The molecule has 3 rings (SSSR count). The second-order valence-electron chi connectivity index (χ2n) is 4.79. The maximum Gasteiger partial charge on any atom is 0.128 e. The Morgan fingerprint density at radius 1 is 1.37 bits per heavy atom. The van der Waals surface area contributed by atoms with Crippen molar-refractivity contribution in [2.24, 2.45) is 0 Å². The van der Waals surface area contributed by atoms with E-state index in [2.05, 4.69) is 50.6 Å². The lowest BCUT2D eigenvalue weighted by Gasteiger charge is -2.12. The Kier molecular flexibility index (Phi) is 3.21. The second kappa shape index (κ2) is 5.01. The summed E-state index contributed by atoms with van der Waals surface area (Å²) in [4.78, 5) is 4.40. The van der Waals surface area contributed by atoms with E-state index in [9.17, 15) is 0 Å². The molecule has 1 aromatic carbocycles. The standard InChI is InChI=1S/C14H16N4S/c1-10(2)18-6-5-15-14(18)8-16-12-3-4-13-11(7-12)9-19-17-13/h3-7,9-10,16H,8H2,1-2H3. The summed E-state index contributed by atoms with van der Waals surface area (Å²) in [7, 11) is 0. The highest BCUT2D eigenvalue weighted by Crippen LogP contribution is 2.20. The zero-order valence-corrected chi connectivity index (χ0v) is 11.8. The quantitative estimate of drug-likeness (QED) is 0.787. The molecule has 0 unspecified atom stereocenters. The Balaban J connectivity index is 1.76. The summed E-state index contributed by atoms with van der Waals surface area (Å²) in [5.74, 6) is 1.05. The third-order valence-electron chi connectivity index (χ3n) is 3.11. The van der Waals surface area contributed by atoms with Crippen molar-refractivity contribution in [3.63, 3.8) is 0 Å². The van der Waals surface area contributed by atoms with Crippen LogP contribution in [0.4, 0.5) is 5.69 Å². The van der Waals surface area contributed by atoms with Crippen LogP contribution in [0.25, 0.3) is 10.9 Å². The van der Waals surface area contributed by atoms with Crippen molar-refractivity contribution in [3.05, 3.63) is 41.8 Å². The Morgan fingerprint density at radius 2 is 2.26 bits per heavy atom. The molecule has 0 spiro atoms. The first-order chi connectivity index (χ1) is 9.24. The number of anilines is 1. The monoisotopic (exact) mass is 272 g/mol. The summed E-state index contributed by atoms with van der Waals surface area (Å²) in [6.07, 6.45) is 3.87. The van der Waals surface area contributed by atoms with Gasteiger partial charge in [0, 0.05) is 34.9 Å². The smallest absolute Gasteiger partial charge is 0.128 e. The highest BCUT2D eigenvalue weighted by atomic mass is 32.1. The van der Waals surface area contributed by atoms with Crippen LogP contribution in [0.1, 0.15) is 25.7 Å². The number of aromatic nitrogens is 3. The average molecular weight is 272 g/mol. The van der Waals surface area contributed by atoms with E-state index in [1.807, 2.05) is 18.5 Å². The average Bonchev–Trinajstić information content (AvgIpc) is 3.04. The van der Waals surface area contributed by atoms with Gasteiger partial charge in [0.1, 0.15) is 5.82 Å². The van der Waals surface area contributed by atoms with E-state index in [0.29, 0.717) is 6.04 Å².